The Morgan fingerprint density at radius 1 is 1.40 bits per heavy atom. The number of carbonyl (C=O) groups excluding carboxylic acids is 1. The van der Waals surface area contributed by atoms with E-state index in [0.717, 1.165) is 37.8 Å². The molecule has 1 aromatic rings. The molecule has 4 N–H and O–H groups in total. The summed E-state index contributed by atoms with van der Waals surface area (Å²) >= 11 is 0. The summed E-state index contributed by atoms with van der Waals surface area (Å²) in [6, 6.07) is 5.77. The number of rotatable bonds is 5. The highest BCUT2D eigenvalue weighted by Crippen LogP contribution is 2.27. The maximum Gasteiger partial charge on any atom is 0.220 e. The fourth-order valence-corrected chi connectivity index (χ4v) is 2.68. The number of amides is 1. The van der Waals surface area contributed by atoms with Crippen LogP contribution in [-0.2, 0) is 11.3 Å². The molecule has 110 valence electrons. The zero-order valence-corrected chi connectivity index (χ0v) is 11.8. The first-order valence-electron chi connectivity index (χ1n) is 6.98. The van der Waals surface area contributed by atoms with Crippen molar-refractivity contribution in [2.24, 2.45) is 11.7 Å². The molecular weight excluding hydrogens is 256 g/mol. The molecular formula is C15H22N2O3. The maximum atomic E-state index is 11.1. The van der Waals surface area contributed by atoms with E-state index in [9.17, 15) is 9.90 Å². The lowest BCUT2D eigenvalue weighted by Crippen LogP contribution is -2.36. The Hall–Kier alpha value is -1.75. The second kappa shape index (κ2) is 6.61. The van der Waals surface area contributed by atoms with Crippen molar-refractivity contribution in [3.05, 3.63) is 23.8 Å². The van der Waals surface area contributed by atoms with Crippen molar-refractivity contribution >= 4 is 5.91 Å². The first-order valence-corrected chi connectivity index (χ1v) is 6.98. The molecule has 5 heteroatoms. The van der Waals surface area contributed by atoms with Crippen LogP contribution in [0.2, 0.25) is 0 Å². The van der Waals surface area contributed by atoms with Gasteiger partial charge in [-0.05, 0) is 43.4 Å². The molecule has 1 aliphatic rings. The standard InChI is InChI=1S/C15H22N2O3/c1-20-14-8-10(2-7-13(14)18)9-17-12-5-3-11(4-6-12)15(16)19/h2,7-8,11-12,17-18H,3-6,9H2,1H3,(H2,16,19). The fourth-order valence-electron chi connectivity index (χ4n) is 2.68. The number of phenolic OH excluding ortho intramolecular Hbond substituents is 1. The molecule has 0 aromatic heterocycles. The predicted molar refractivity (Wildman–Crippen MR) is 76.4 cm³/mol. The molecule has 20 heavy (non-hydrogen) atoms. The Balaban J connectivity index is 1.83. The number of aromatic hydroxyl groups is 1. The molecule has 0 saturated heterocycles. The summed E-state index contributed by atoms with van der Waals surface area (Å²) in [5, 5.41) is 13.0. The Kier molecular flexibility index (Phi) is 4.84. The summed E-state index contributed by atoms with van der Waals surface area (Å²) in [7, 11) is 1.54. The molecule has 2 rings (SSSR count). The van der Waals surface area contributed by atoms with E-state index in [2.05, 4.69) is 5.32 Å². The summed E-state index contributed by atoms with van der Waals surface area (Å²) in [6.07, 6.45) is 3.68. The van der Waals surface area contributed by atoms with E-state index < -0.39 is 0 Å². The minimum Gasteiger partial charge on any atom is -0.504 e. The number of nitrogens with two attached hydrogens (primary N) is 1. The lowest BCUT2D eigenvalue weighted by atomic mass is 9.85. The van der Waals surface area contributed by atoms with Gasteiger partial charge < -0.3 is 20.9 Å². The van der Waals surface area contributed by atoms with Crippen LogP contribution in [-0.4, -0.2) is 24.2 Å². The number of ether oxygens (including phenoxy) is 1. The first kappa shape index (κ1) is 14.7. The second-order valence-electron chi connectivity index (χ2n) is 5.34. The third kappa shape index (κ3) is 3.63. The molecule has 0 unspecified atom stereocenters. The van der Waals surface area contributed by atoms with Crippen molar-refractivity contribution < 1.29 is 14.6 Å². The van der Waals surface area contributed by atoms with Crippen LogP contribution in [0.25, 0.3) is 0 Å². The quantitative estimate of drug-likeness (QED) is 0.762. The number of primary amides is 1. The molecule has 1 fully saturated rings. The number of hydrogen-bond donors (Lipinski definition) is 3. The van der Waals surface area contributed by atoms with Gasteiger partial charge in [-0.15, -0.1) is 0 Å². The molecule has 1 aliphatic carbocycles. The van der Waals surface area contributed by atoms with Gasteiger partial charge in [0.2, 0.25) is 5.91 Å². The van der Waals surface area contributed by atoms with Gasteiger partial charge in [0.25, 0.3) is 0 Å². The van der Waals surface area contributed by atoms with Gasteiger partial charge in [0.15, 0.2) is 11.5 Å². The summed E-state index contributed by atoms with van der Waals surface area (Å²) in [5.41, 5.74) is 6.39. The first-order chi connectivity index (χ1) is 9.60. The van der Waals surface area contributed by atoms with Gasteiger partial charge >= 0.3 is 0 Å². The number of methoxy groups -OCH3 is 1. The van der Waals surface area contributed by atoms with Crippen LogP contribution in [0.3, 0.4) is 0 Å². The van der Waals surface area contributed by atoms with Crippen molar-refractivity contribution in [3.8, 4) is 11.5 Å². The molecule has 1 saturated carbocycles. The van der Waals surface area contributed by atoms with Gasteiger partial charge in [0, 0.05) is 18.5 Å². The average molecular weight is 278 g/mol. The van der Waals surface area contributed by atoms with Crippen molar-refractivity contribution in [2.45, 2.75) is 38.3 Å². The van der Waals surface area contributed by atoms with E-state index in [-0.39, 0.29) is 17.6 Å². The van der Waals surface area contributed by atoms with Crippen LogP contribution in [0.1, 0.15) is 31.2 Å². The van der Waals surface area contributed by atoms with E-state index >= 15 is 0 Å². The van der Waals surface area contributed by atoms with E-state index in [1.165, 1.54) is 7.11 Å². The normalized spacial score (nSPS) is 22.4. The Bertz CT molecular complexity index is 468. The van der Waals surface area contributed by atoms with Crippen LogP contribution in [0.4, 0.5) is 0 Å². The zero-order chi connectivity index (χ0) is 14.5. The molecule has 5 nitrogen and oxygen atoms in total. The summed E-state index contributed by atoms with van der Waals surface area (Å²) in [5.74, 6) is 0.508. The highest BCUT2D eigenvalue weighted by molar-refractivity contribution is 5.76. The van der Waals surface area contributed by atoms with Gasteiger partial charge in [-0.2, -0.15) is 0 Å². The number of carbonyl (C=O) groups is 1. The molecule has 0 aliphatic heterocycles. The largest absolute Gasteiger partial charge is 0.504 e. The smallest absolute Gasteiger partial charge is 0.220 e. The van der Waals surface area contributed by atoms with Gasteiger partial charge in [0.05, 0.1) is 7.11 Å². The van der Waals surface area contributed by atoms with E-state index in [1.54, 1.807) is 6.07 Å². The fraction of sp³-hybridized carbons (Fsp3) is 0.533. The van der Waals surface area contributed by atoms with Crippen molar-refractivity contribution in [2.75, 3.05) is 7.11 Å². The predicted octanol–water partition coefficient (Wildman–Crippen LogP) is 1.53. The third-order valence-corrected chi connectivity index (χ3v) is 3.97. The van der Waals surface area contributed by atoms with E-state index in [1.807, 2.05) is 12.1 Å². The number of nitrogens with one attached hydrogen (secondary N) is 1. The minimum atomic E-state index is -0.174. The molecule has 0 radical (unpaired) electrons. The van der Waals surface area contributed by atoms with Gasteiger partial charge in [-0.3, -0.25) is 4.79 Å². The molecule has 0 atom stereocenters. The van der Waals surface area contributed by atoms with Crippen LogP contribution < -0.4 is 15.8 Å². The highest BCUT2D eigenvalue weighted by Gasteiger charge is 2.24. The second-order valence-corrected chi connectivity index (χ2v) is 5.34. The number of hydrogen-bond acceptors (Lipinski definition) is 4. The monoisotopic (exact) mass is 278 g/mol. The molecule has 0 bridgehead atoms. The Morgan fingerprint density at radius 3 is 2.70 bits per heavy atom. The Morgan fingerprint density at radius 2 is 2.10 bits per heavy atom. The van der Waals surface area contributed by atoms with Crippen molar-refractivity contribution in [1.82, 2.24) is 5.32 Å². The minimum absolute atomic E-state index is 0.0433. The van der Waals surface area contributed by atoms with Crippen LogP contribution in [0, 0.1) is 5.92 Å². The molecule has 0 heterocycles. The van der Waals surface area contributed by atoms with Gasteiger partial charge in [0.1, 0.15) is 0 Å². The zero-order valence-electron chi connectivity index (χ0n) is 11.8. The topological polar surface area (TPSA) is 84.6 Å². The molecule has 0 spiro atoms. The lowest BCUT2D eigenvalue weighted by Gasteiger charge is -2.27. The van der Waals surface area contributed by atoms with Crippen LogP contribution >= 0.6 is 0 Å². The van der Waals surface area contributed by atoms with E-state index in [4.69, 9.17) is 10.5 Å². The van der Waals surface area contributed by atoms with Gasteiger partial charge in [-0.25, -0.2) is 0 Å². The van der Waals surface area contributed by atoms with Crippen LogP contribution in [0.5, 0.6) is 11.5 Å². The number of phenols is 1. The van der Waals surface area contributed by atoms with Crippen LogP contribution in [0.15, 0.2) is 18.2 Å². The SMILES string of the molecule is COc1cc(CNC2CCC(C(N)=O)CC2)ccc1O. The Labute approximate surface area is 119 Å². The summed E-state index contributed by atoms with van der Waals surface area (Å²) in [4.78, 5) is 11.1. The van der Waals surface area contributed by atoms with Crippen molar-refractivity contribution in [3.63, 3.8) is 0 Å². The molecule has 1 amide bonds. The summed E-state index contributed by atoms with van der Waals surface area (Å²) in [6.45, 7) is 0.725. The highest BCUT2D eigenvalue weighted by atomic mass is 16.5. The number of benzene rings is 1. The summed E-state index contributed by atoms with van der Waals surface area (Å²) < 4.78 is 5.09. The van der Waals surface area contributed by atoms with E-state index in [0.29, 0.717) is 11.8 Å². The van der Waals surface area contributed by atoms with Crippen molar-refractivity contribution in [1.29, 1.82) is 0 Å². The average Bonchev–Trinajstić information content (AvgIpc) is 2.46. The van der Waals surface area contributed by atoms with Gasteiger partial charge in [-0.1, -0.05) is 6.07 Å². The third-order valence-electron chi connectivity index (χ3n) is 3.97. The lowest BCUT2D eigenvalue weighted by molar-refractivity contribution is -0.122. The maximum absolute atomic E-state index is 11.1. The molecule has 1 aromatic carbocycles.